The van der Waals surface area contributed by atoms with Crippen LogP contribution in [-0.2, 0) is 16.0 Å². The van der Waals surface area contributed by atoms with E-state index in [-0.39, 0.29) is 11.3 Å². The summed E-state index contributed by atoms with van der Waals surface area (Å²) in [5.41, 5.74) is 5.51. The van der Waals surface area contributed by atoms with E-state index in [0.717, 1.165) is 37.7 Å². The summed E-state index contributed by atoms with van der Waals surface area (Å²) >= 11 is 0. The number of hydrogen-bond acceptors (Lipinski definition) is 5. The van der Waals surface area contributed by atoms with Crippen molar-refractivity contribution in [2.75, 3.05) is 0 Å². The van der Waals surface area contributed by atoms with Gasteiger partial charge in [0, 0.05) is 28.4 Å². The van der Waals surface area contributed by atoms with Gasteiger partial charge < -0.3 is 10.4 Å². The van der Waals surface area contributed by atoms with Crippen molar-refractivity contribution in [1.29, 1.82) is 0 Å². The van der Waals surface area contributed by atoms with Crippen LogP contribution in [0.2, 0.25) is 0 Å². The number of phenols is 1. The molecule has 1 heterocycles. The van der Waals surface area contributed by atoms with Crippen molar-refractivity contribution in [1.82, 2.24) is 10.7 Å². The van der Waals surface area contributed by atoms with E-state index in [1.807, 2.05) is 18.2 Å². The van der Waals surface area contributed by atoms with Crippen LogP contribution in [0.4, 0.5) is 0 Å². The number of nitrogens with zero attached hydrogens (tertiary/aromatic N) is 1. The van der Waals surface area contributed by atoms with E-state index < -0.39 is 11.7 Å². The summed E-state index contributed by atoms with van der Waals surface area (Å²) in [5.74, 6) is -1.45. The van der Waals surface area contributed by atoms with Crippen molar-refractivity contribution >= 4 is 23.6 Å². The maximum atomic E-state index is 12.5. The molecule has 0 radical (unpaired) electrons. The molecule has 1 fully saturated rings. The van der Waals surface area contributed by atoms with E-state index >= 15 is 0 Å². The Morgan fingerprint density at radius 3 is 2.59 bits per heavy atom. The average molecular weight is 389 g/mol. The SMILES string of the molecule is O=C(/C=C1\NC2(CCCC2)Cc2ccccc21)C(=O)N/N=C\c1ccccc1O. The third-order valence-corrected chi connectivity index (χ3v) is 5.60. The zero-order valence-corrected chi connectivity index (χ0v) is 16.0. The van der Waals surface area contributed by atoms with Crippen LogP contribution >= 0.6 is 0 Å². The second-order valence-corrected chi connectivity index (χ2v) is 7.63. The summed E-state index contributed by atoms with van der Waals surface area (Å²) in [6.45, 7) is 0. The predicted octanol–water partition coefficient (Wildman–Crippen LogP) is 2.91. The van der Waals surface area contributed by atoms with Gasteiger partial charge in [-0.3, -0.25) is 9.59 Å². The molecule has 2 aliphatic rings. The van der Waals surface area contributed by atoms with E-state index in [0.29, 0.717) is 11.3 Å². The highest BCUT2D eigenvalue weighted by Crippen LogP contribution is 2.39. The number of carbonyl (C=O) groups excluding carboxylic acids is 2. The number of phenolic OH excluding ortho intramolecular Hbond substituents is 1. The van der Waals surface area contributed by atoms with E-state index in [1.54, 1.807) is 18.2 Å². The van der Waals surface area contributed by atoms with E-state index in [9.17, 15) is 14.7 Å². The smallest absolute Gasteiger partial charge is 0.311 e. The first kappa shape index (κ1) is 18.9. The quantitative estimate of drug-likeness (QED) is 0.325. The van der Waals surface area contributed by atoms with Gasteiger partial charge in [0.25, 0.3) is 0 Å². The van der Waals surface area contributed by atoms with Crippen LogP contribution < -0.4 is 10.7 Å². The molecule has 6 nitrogen and oxygen atoms in total. The Bertz CT molecular complexity index is 1000. The highest BCUT2D eigenvalue weighted by molar-refractivity contribution is 6.41. The summed E-state index contributed by atoms with van der Waals surface area (Å²) in [6, 6.07) is 14.6. The number of hydrogen-bond donors (Lipinski definition) is 3. The van der Waals surface area contributed by atoms with Gasteiger partial charge in [0.15, 0.2) is 0 Å². The number of aromatic hydroxyl groups is 1. The van der Waals surface area contributed by atoms with Crippen molar-refractivity contribution in [3.8, 4) is 5.75 Å². The van der Waals surface area contributed by atoms with E-state index in [4.69, 9.17) is 0 Å². The van der Waals surface area contributed by atoms with E-state index in [2.05, 4.69) is 21.9 Å². The first-order valence-electron chi connectivity index (χ1n) is 9.80. The molecule has 6 heteroatoms. The number of fused-ring (bicyclic) bond motifs is 1. The second-order valence-electron chi connectivity index (χ2n) is 7.63. The van der Waals surface area contributed by atoms with Crippen molar-refractivity contribution in [3.05, 3.63) is 71.3 Å². The van der Waals surface area contributed by atoms with Crippen LogP contribution in [0.15, 0.2) is 59.7 Å². The molecule has 0 saturated heterocycles. The van der Waals surface area contributed by atoms with E-state index in [1.165, 1.54) is 23.9 Å². The van der Waals surface area contributed by atoms with Crippen LogP contribution in [0.1, 0.15) is 42.4 Å². The Morgan fingerprint density at radius 2 is 1.79 bits per heavy atom. The first-order chi connectivity index (χ1) is 14.1. The van der Waals surface area contributed by atoms with Gasteiger partial charge in [0.2, 0.25) is 5.78 Å². The van der Waals surface area contributed by atoms with Crippen molar-refractivity contribution in [2.24, 2.45) is 5.10 Å². The molecular formula is C23H23N3O3. The van der Waals surface area contributed by atoms with Crippen molar-refractivity contribution in [2.45, 2.75) is 37.6 Å². The molecule has 0 bridgehead atoms. The maximum absolute atomic E-state index is 12.5. The molecular weight excluding hydrogens is 366 g/mol. The number of nitrogens with one attached hydrogen (secondary N) is 2. The van der Waals surface area contributed by atoms with Gasteiger partial charge in [0.05, 0.1) is 6.21 Å². The number of hydrazone groups is 1. The van der Waals surface area contributed by atoms with Crippen LogP contribution in [-0.4, -0.2) is 28.6 Å². The molecule has 1 amide bonds. The normalized spacial score (nSPS) is 18.6. The third-order valence-electron chi connectivity index (χ3n) is 5.60. The minimum atomic E-state index is -0.825. The molecule has 2 aromatic rings. The monoisotopic (exact) mass is 389 g/mol. The zero-order valence-electron chi connectivity index (χ0n) is 16.0. The molecule has 1 aliphatic carbocycles. The highest BCUT2D eigenvalue weighted by Gasteiger charge is 2.38. The largest absolute Gasteiger partial charge is 0.507 e. The summed E-state index contributed by atoms with van der Waals surface area (Å²) in [4.78, 5) is 24.7. The molecule has 2 aromatic carbocycles. The minimum absolute atomic E-state index is 0.0278. The van der Waals surface area contributed by atoms with Gasteiger partial charge in [0.1, 0.15) is 5.75 Å². The van der Waals surface area contributed by atoms with Gasteiger partial charge in [-0.15, -0.1) is 0 Å². The van der Waals surface area contributed by atoms with Gasteiger partial charge in [-0.25, -0.2) is 5.43 Å². The van der Waals surface area contributed by atoms with Gasteiger partial charge in [-0.05, 0) is 37.0 Å². The van der Waals surface area contributed by atoms with Crippen LogP contribution in [0.3, 0.4) is 0 Å². The minimum Gasteiger partial charge on any atom is -0.507 e. The first-order valence-corrected chi connectivity index (χ1v) is 9.80. The molecule has 4 rings (SSSR count). The fourth-order valence-electron chi connectivity index (χ4n) is 4.18. The Balaban J connectivity index is 1.51. The number of amides is 1. The lowest BCUT2D eigenvalue weighted by atomic mass is 9.82. The van der Waals surface area contributed by atoms with Gasteiger partial charge in [-0.1, -0.05) is 49.2 Å². The fraction of sp³-hybridized carbons (Fsp3) is 0.261. The molecule has 1 saturated carbocycles. The predicted molar refractivity (Wildman–Crippen MR) is 111 cm³/mol. The van der Waals surface area contributed by atoms with Crippen molar-refractivity contribution < 1.29 is 14.7 Å². The highest BCUT2D eigenvalue weighted by atomic mass is 16.3. The standard InChI is InChI=1S/C23H23N3O3/c27-20-10-4-2-8-17(20)15-24-26-22(29)21(28)13-19-18-9-3-1-7-16(18)14-23(25-19)11-5-6-12-23/h1-4,7-10,13,15,25,27H,5-6,11-12,14H2,(H,26,29)/b19-13-,24-15-. The Hall–Kier alpha value is -3.41. The third kappa shape index (κ3) is 4.06. The van der Waals surface area contributed by atoms with Crippen LogP contribution in [0.25, 0.3) is 5.70 Å². The lowest BCUT2D eigenvalue weighted by Crippen LogP contribution is -2.47. The topological polar surface area (TPSA) is 90.8 Å². The fourth-order valence-corrected chi connectivity index (χ4v) is 4.18. The van der Waals surface area contributed by atoms with Crippen LogP contribution in [0, 0.1) is 0 Å². The molecule has 29 heavy (non-hydrogen) atoms. The number of ketones is 1. The summed E-state index contributed by atoms with van der Waals surface area (Å²) in [5, 5.41) is 17.0. The summed E-state index contributed by atoms with van der Waals surface area (Å²) in [6.07, 6.45) is 8.05. The number of benzene rings is 2. The van der Waals surface area contributed by atoms with Crippen LogP contribution in [0.5, 0.6) is 5.75 Å². The lowest BCUT2D eigenvalue weighted by molar-refractivity contribution is -0.135. The molecule has 3 N–H and O–H groups in total. The Morgan fingerprint density at radius 1 is 1.07 bits per heavy atom. The summed E-state index contributed by atoms with van der Waals surface area (Å²) in [7, 11) is 0. The zero-order chi connectivity index (χ0) is 20.3. The summed E-state index contributed by atoms with van der Waals surface area (Å²) < 4.78 is 0. The van der Waals surface area contributed by atoms with Gasteiger partial charge in [-0.2, -0.15) is 5.10 Å². The number of rotatable bonds is 4. The Kier molecular flexibility index (Phi) is 5.16. The maximum Gasteiger partial charge on any atom is 0.311 e. The second kappa shape index (κ2) is 7.91. The average Bonchev–Trinajstić information content (AvgIpc) is 3.16. The molecule has 148 valence electrons. The molecule has 0 atom stereocenters. The van der Waals surface area contributed by atoms with Gasteiger partial charge >= 0.3 is 5.91 Å². The molecule has 1 spiro atoms. The number of carbonyl (C=O) groups is 2. The Labute approximate surface area is 169 Å². The lowest BCUT2D eigenvalue weighted by Gasteiger charge is -2.38. The van der Waals surface area contributed by atoms with Crippen molar-refractivity contribution in [3.63, 3.8) is 0 Å². The molecule has 1 aliphatic heterocycles. The molecule has 0 aromatic heterocycles. The molecule has 0 unspecified atom stereocenters. The number of para-hydroxylation sites is 1.